The summed E-state index contributed by atoms with van der Waals surface area (Å²) in [5.74, 6) is -0.191. The Morgan fingerprint density at radius 3 is 2.50 bits per heavy atom. The average molecular weight is 196 g/mol. The standard InChI is InChI=1S/C12H17FO/c1-4-9(2)14-10(3)11-7-5-6-8-12(11)13/h5-10H,4H2,1-3H3. The molecule has 0 aliphatic carbocycles. The molecule has 0 saturated heterocycles. The number of hydrogen-bond acceptors (Lipinski definition) is 1. The van der Waals surface area contributed by atoms with Crippen molar-refractivity contribution in [3.05, 3.63) is 35.6 Å². The first kappa shape index (κ1) is 11.2. The van der Waals surface area contributed by atoms with E-state index in [9.17, 15) is 4.39 Å². The first-order valence-corrected chi connectivity index (χ1v) is 5.05. The van der Waals surface area contributed by atoms with E-state index in [4.69, 9.17) is 4.74 Å². The molecule has 0 aliphatic rings. The third-order valence-electron chi connectivity index (χ3n) is 2.35. The smallest absolute Gasteiger partial charge is 0.128 e. The van der Waals surface area contributed by atoms with Gasteiger partial charge in [-0.15, -0.1) is 0 Å². The van der Waals surface area contributed by atoms with Crippen LogP contribution < -0.4 is 0 Å². The summed E-state index contributed by atoms with van der Waals surface area (Å²) < 4.78 is 18.9. The zero-order valence-electron chi connectivity index (χ0n) is 8.96. The second kappa shape index (κ2) is 5.11. The maximum absolute atomic E-state index is 13.3. The minimum Gasteiger partial charge on any atom is -0.371 e. The number of rotatable bonds is 4. The summed E-state index contributed by atoms with van der Waals surface area (Å²) in [5, 5.41) is 0. The number of hydrogen-bond donors (Lipinski definition) is 0. The van der Waals surface area contributed by atoms with Crippen LogP contribution in [0.3, 0.4) is 0 Å². The van der Waals surface area contributed by atoms with E-state index in [-0.39, 0.29) is 18.0 Å². The van der Waals surface area contributed by atoms with Gasteiger partial charge < -0.3 is 4.74 Å². The molecule has 0 saturated carbocycles. The van der Waals surface area contributed by atoms with Gasteiger partial charge in [0.05, 0.1) is 12.2 Å². The topological polar surface area (TPSA) is 9.23 Å². The largest absolute Gasteiger partial charge is 0.371 e. The van der Waals surface area contributed by atoms with E-state index < -0.39 is 0 Å². The predicted molar refractivity (Wildman–Crippen MR) is 55.7 cm³/mol. The quantitative estimate of drug-likeness (QED) is 0.713. The van der Waals surface area contributed by atoms with Crippen LogP contribution in [-0.4, -0.2) is 6.10 Å². The van der Waals surface area contributed by atoms with E-state index in [1.54, 1.807) is 12.1 Å². The Bertz CT molecular complexity index is 285. The van der Waals surface area contributed by atoms with Gasteiger partial charge in [-0.3, -0.25) is 0 Å². The Hall–Kier alpha value is -0.890. The molecule has 0 aromatic heterocycles. The molecule has 0 amide bonds. The van der Waals surface area contributed by atoms with Crippen LogP contribution in [0.15, 0.2) is 24.3 Å². The minimum absolute atomic E-state index is 0.171. The van der Waals surface area contributed by atoms with E-state index in [2.05, 4.69) is 6.92 Å². The van der Waals surface area contributed by atoms with Crippen molar-refractivity contribution in [3.63, 3.8) is 0 Å². The van der Waals surface area contributed by atoms with Crippen molar-refractivity contribution in [2.75, 3.05) is 0 Å². The van der Waals surface area contributed by atoms with Gasteiger partial charge in [-0.25, -0.2) is 4.39 Å². The zero-order valence-corrected chi connectivity index (χ0v) is 8.96. The number of halogens is 1. The fourth-order valence-corrected chi connectivity index (χ4v) is 1.32. The van der Waals surface area contributed by atoms with Gasteiger partial charge >= 0.3 is 0 Å². The van der Waals surface area contributed by atoms with Crippen LogP contribution in [0.2, 0.25) is 0 Å². The van der Waals surface area contributed by atoms with Crippen molar-refractivity contribution in [1.82, 2.24) is 0 Å². The van der Waals surface area contributed by atoms with E-state index in [0.717, 1.165) is 6.42 Å². The van der Waals surface area contributed by atoms with Crippen LogP contribution in [0.1, 0.15) is 38.9 Å². The minimum atomic E-state index is -0.191. The van der Waals surface area contributed by atoms with Gasteiger partial charge in [0.2, 0.25) is 0 Å². The average Bonchev–Trinajstić information content (AvgIpc) is 2.18. The molecule has 1 aromatic carbocycles. The van der Waals surface area contributed by atoms with Gasteiger partial charge in [-0.1, -0.05) is 25.1 Å². The summed E-state index contributed by atoms with van der Waals surface area (Å²) in [6.45, 7) is 5.93. The predicted octanol–water partition coefficient (Wildman–Crippen LogP) is 3.70. The van der Waals surface area contributed by atoms with Gasteiger partial charge in [0, 0.05) is 5.56 Å². The van der Waals surface area contributed by atoms with Gasteiger partial charge in [-0.2, -0.15) is 0 Å². The molecule has 2 unspecified atom stereocenters. The first-order chi connectivity index (χ1) is 6.65. The Morgan fingerprint density at radius 2 is 1.93 bits per heavy atom. The van der Waals surface area contributed by atoms with E-state index in [1.807, 2.05) is 19.9 Å². The second-order valence-corrected chi connectivity index (χ2v) is 3.52. The molecule has 0 aliphatic heterocycles. The Balaban J connectivity index is 2.69. The van der Waals surface area contributed by atoms with Gasteiger partial charge in [0.15, 0.2) is 0 Å². The molecule has 0 N–H and O–H groups in total. The summed E-state index contributed by atoms with van der Waals surface area (Å²) in [5.41, 5.74) is 0.632. The highest BCUT2D eigenvalue weighted by molar-refractivity contribution is 5.19. The van der Waals surface area contributed by atoms with E-state index in [0.29, 0.717) is 5.56 Å². The van der Waals surface area contributed by atoms with Crippen LogP contribution in [0.25, 0.3) is 0 Å². The van der Waals surface area contributed by atoms with Crippen LogP contribution in [-0.2, 0) is 4.74 Å². The van der Waals surface area contributed by atoms with Crippen molar-refractivity contribution in [1.29, 1.82) is 0 Å². The summed E-state index contributed by atoms with van der Waals surface area (Å²) in [4.78, 5) is 0. The van der Waals surface area contributed by atoms with Gasteiger partial charge in [0.25, 0.3) is 0 Å². The maximum atomic E-state index is 13.3. The maximum Gasteiger partial charge on any atom is 0.128 e. The SMILES string of the molecule is CCC(C)OC(C)c1ccccc1F. The molecule has 1 rings (SSSR count). The van der Waals surface area contributed by atoms with Crippen molar-refractivity contribution in [2.24, 2.45) is 0 Å². The normalized spacial score (nSPS) is 15.1. The monoisotopic (exact) mass is 196 g/mol. The lowest BCUT2D eigenvalue weighted by Gasteiger charge is -2.18. The molecule has 2 heteroatoms. The molecule has 14 heavy (non-hydrogen) atoms. The lowest BCUT2D eigenvalue weighted by atomic mass is 10.1. The summed E-state index contributed by atoms with van der Waals surface area (Å²) in [6, 6.07) is 6.75. The fourth-order valence-electron chi connectivity index (χ4n) is 1.32. The fraction of sp³-hybridized carbons (Fsp3) is 0.500. The molecule has 78 valence electrons. The van der Waals surface area contributed by atoms with Crippen molar-refractivity contribution in [3.8, 4) is 0 Å². The third kappa shape index (κ3) is 2.81. The van der Waals surface area contributed by atoms with Crippen molar-refractivity contribution >= 4 is 0 Å². The molecule has 2 atom stereocenters. The zero-order chi connectivity index (χ0) is 10.6. The Morgan fingerprint density at radius 1 is 1.29 bits per heavy atom. The molecule has 0 spiro atoms. The number of ether oxygens (including phenoxy) is 1. The molecule has 0 bridgehead atoms. The Kier molecular flexibility index (Phi) is 4.08. The van der Waals surface area contributed by atoms with Gasteiger partial charge in [-0.05, 0) is 26.3 Å². The van der Waals surface area contributed by atoms with Crippen LogP contribution in [0, 0.1) is 5.82 Å². The van der Waals surface area contributed by atoms with E-state index >= 15 is 0 Å². The highest BCUT2D eigenvalue weighted by Crippen LogP contribution is 2.21. The molecule has 0 radical (unpaired) electrons. The lowest BCUT2D eigenvalue weighted by molar-refractivity contribution is 0.00373. The second-order valence-electron chi connectivity index (χ2n) is 3.52. The van der Waals surface area contributed by atoms with E-state index in [1.165, 1.54) is 6.07 Å². The highest BCUT2D eigenvalue weighted by atomic mass is 19.1. The number of benzene rings is 1. The summed E-state index contributed by atoms with van der Waals surface area (Å²) in [6.07, 6.45) is 0.939. The summed E-state index contributed by atoms with van der Waals surface area (Å²) in [7, 11) is 0. The molecule has 0 fully saturated rings. The van der Waals surface area contributed by atoms with Crippen molar-refractivity contribution < 1.29 is 9.13 Å². The van der Waals surface area contributed by atoms with Crippen LogP contribution in [0.4, 0.5) is 4.39 Å². The lowest BCUT2D eigenvalue weighted by Crippen LogP contribution is -2.11. The molecule has 0 heterocycles. The highest BCUT2D eigenvalue weighted by Gasteiger charge is 2.12. The van der Waals surface area contributed by atoms with Crippen LogP contribution in [0.5, 0.6) is 0 Å². The van der Waals surface area contributed by atoms with Crippen LogP contribution >= 0.6 is 0 Å². The third-order valence-corrected chi connectivity index (χ3v) is 2.35. The molecular formula is C12H17FO. The van der Waals surface area contributed by atoms with Gasteiger partial charge in [0.1, 0.15) is 5.82 Å². The molecule has 1 aromatic rings. The Labute approximate surface area is 84.9 Å². The van der Waals surface area contributed by atoms with Crippen molar-refractivity contribution in [2.45, 2.75) is 39.4 Å². The molecule has 1 nitrogen and oxygen atoms in total. The molecular weight excluding hydrogens is 179 g/mol. The summed E-state index contributed by atoms with van der Waals surface area (Å²) >= 11 is 0. The first-order valence-electron chi connectivity index (χ1n) is 5.05.